The Morgan fingerprint density at radius 2 is 2.20 bits per heavy atom. The number of rotatable bonds is 6. The van der Waals surface area contributed by atoms with Gasteiger partial charge in [-0.15, -0.1) is 0 Å². The highest BCUT2D eigenvalue weighted by molar-refractivity contribution is 6.04. The van der Waals surface area contributed by atoms with Gasteiger partial charge < -0.3 is 14.2 Å². The fraction of sp³-hybridized carbons (Fsp3) is 0.688. The van der Waals surface area contributed by atoms with Crippen molar-refractivity contribution >= 4 is 5.78 Å². The topological polar surface area (TPSA) is 44.8 Å². The van der Waals surface area contributed by atoms with Gasteiger partial charge >= 0.3 is 0 Å². The Labute approximate surface area is 120 Å². The summed E-state index contributed by atoms with van der Waals surface area (Å²) in [5.41, 5.74) is 0.202. The van der Waals surface area contributed by atoms with Crippen LogP contribution in [0, 0.1) is 5.92 Å². The summed E-state index contributed by atoms with van der Waals surface area (Å²) >= 11 is 0. The van der Waals surface area contributed by atoms with Crippen LogP contribution in [0.15, 0.2) is 24.3 Å². The van der Waals surface area contributed by atoms with E-state index in [0.717, 1.165) is 19.3 Å². The molecule has 2 aliphatic rings. The van der Waals surface area contributed by atoms with E-state index >= 15 is 0 Å². The number of hydrogen-bond acceptors (Lipinski definition) is 4. The number of methoxy groups -OCH3 is 2. The summed E-state index contributed by atoms with van der Waals surface area (Å²) in [7, 11) is 3.39. The van der Waals surface area contributed by atoms with Gasteiger partial charge in [-0.1, -0.05) is 19.6 Å². The van der Waals surface area contributed by atoms with Gasteiger partial charge in [-0.2, -0.15) is 0 Å². The Hall–Kier alpha value is -0.970. The van der Waals surface area contributed by atoms with Gasteiger partial charge in [0.15, 0.2) is 5.78 Å². The first-order valence-electron chi connectivity index (χ1n) is 7.18. The summed E-state index contributed by atoms with van der Waals surface area (Å²) in [4.78, 5) is 12.2. The summed E-state index contributed by atoms with van der Waals surface area (Å²) in [5, 5.41) is 0. The summed E-state index contributed by atoms with van der Waals surface area (Å²) < 4.78 is 16.8. The van der Waals surface area contributed by atoms with Crippen LogP contribution in [-0.2, 0) is 19.0 Å². The summed E-state index contributed by atoms with van der Waals surface area (Å²) in [6.07, 6.45) is 5.96. The predicted molar refractivity (Wildman–Crippen MR) is 76.6 cm³/mol. The molecule has 2 fully saturated rings. The highest BCUT2D eigenvalue weighted by atomic mass is 16.6. The molecule has 112 valence electrons. The molecule has 1 heterocycles. The lowest BCUT2D eigenvalue weighted by atomic mass is 9.66. The number of ketones is 1. The molecule has 4 heteroatoms. The van der Waals surface area contributed by atoms with Crippen molar-refractivity contribution in [3.63, 3.8) is 0 Å². The molecule has 0 aromatic carbocycles. The van der Waals surface area contributed by atoms with E-state index in [2.05, 4.69) is 6.58 Å². The third kappa shape index (κ3) is 2.48. The third-order valence-corrected chi connectivity index (χ3v) is 4.58. The van der Waals surface area contributed by atoms with E-state index in [9.17, 15) is 4.79 Å². The van der Waals surface area contributed by atoms with E-state index in [4.69, 9.17) is 14.2 Å². The van der Waals surface area contributed by atoms with Crippen LogP contribution in [0.1, 0.15) is 26.2 Å². The predicted octanol–water partition coefficient (Wildman–Crippen LogP) is 2.29. The lowest BCUT2D eigenvalue weighted by Crippen LogP contribution is -2.68. The Kier molecular flexibility index (Phi) is 4.78. The lowest BCUT2D eigenvalue weighted by Gasteiger charge is -2.57. The minimum atomic E-state index is -0.401. The summed E-state index contributed by atoms with van der Waals surface area (Å²) in [6.45, 7) is 6.55. The van der Waals surface area contributed by atoms with Crippen LogP contribution >= 0.6 is 0 Å². The van der Waals surface area contributed by atoms with Crippen molar-refractivity contribution in [1.82, 2.24) is 0 Å². The minimum Gasteiger partial charge on any atom is -0.381 e. The number of allylic oxidation sites excluding steroid dienone is 2. The smallest absolute Gasteiger partial charge is 0.181 e. The third-order valence-electron chi connectivity index (χ3n) is 4.58. The zero-order chi connectivity index (χ0) is 14.8. The van der Waals surface area contributed by atoms with Crippen LogP contribution in [0.5, 0.6) is 0 Å². The van der Waals surface area contributed by atoms with Gasteiger partial charge in [-0.05, 0) is 24.5 Å². The molecule has 4 nitrogen and oxygen atoms in total. The summed E-state index contributed by atoms with van der Waals surface area (Å²) in [6, 6.07) is 0. The minimum absolute atomic E-state index is 0.00379. The molecule has 0 bridgehead atoms. The molecule has 0 spiro atoms. The molecule has 0 aromatic rings. The van der Waals surface area contributed by atoms with Crippen molar-refractivity contribution in [1.29, 1.82) is 0 Å². The second-order valence-electron chi connectivity index (χ2n) is 5.54. The van der Waals surface area contributed by atoms with Crippen LogP contribution in [0.4, 0.5) is 0 Å². The molecule has 1 saturated carbocycles. The molecule has 1 aliphatic carbocycles. The average Bonchev–Trinajstić information content (AvgIpc) is 2.45. The number of ether oxygens (including phenoxy) is 3. The fourth-order valence-corrected chi connectivity index (χ4v) is 3.22. The van der Waals surface area contributed by atoms with Crippen molar-refractivity contribution in [3.8, 4) is 0 Å². The monoisotopic (exact) mass is 280 g/mol. The van der Waals surface area contributed by atoms with Crippen LogP contribution in [-0.4, -0.2) is 44.4 Å². The van der Waals surface area contributed by atoms with Crippen molar-refractivity contribution in [2.75, 3.05) is 20.8 Å². The Morgan fingerprint density at radius 3 is 2.70 bits per heavy atom. The van der Waals surface area contributed by atoms with Crippen molar-refractivity contribution < 1.29 is 19.0 Å². The van der Waals surface area contributed by atoms with Gasteiger partial charge in [0.1, 0.15) is 5.60 Å². The van der Waals surface area contributed by atoms with Gasteiger partial charge in [0.25, 0.3) is 0 Å². The van der Waals surface area contributed by atoms with E-state index in [-0.39, 0.29) is 23.9 Å². The van der Waals surface area contributed by atoms with E-state index in [0.29, 0.717) is 12.2 Å². The fourth-order valence-electron chi connectivity index (χ4n) is 3.22. The van der Waals surface area contributed by atoms with Gasteiger partial charge in [0.05, 0.1) is 18.8 Å². The lowest BCUT2D eigenvalue weighted by molar-refractivity contribution is -0.294. The molecule has 1 saturated heterocycles. The molecule has 0 N–H and O–H groups in total. The Balaban J connectivity index is 2.19. The second-order valence-corrected chi connectivity index (χ2v) is 5.54. The zero-order valence-electron chi connectivity index (χ0n) is 12.6. The molecule has 1 unspecified atom stereocenters. The van der Waals surface area contributed by atoms with Gasteiger partial charge in [0.2, 0.25) is 0 Å². The van der Waals surface area contributed by atoms with Crippen LogP contribution in [0.3, 0.4) is 0 Å². The first kappa shape index (κ1) is 15.4. The highest BCUT2D eigenvalue weighted by Gasteiger charge is 2.59. The van der Waals surface area contributed by atoms with Crippen molar-refractivity contribution in [2.24, 2.45) is 5.92 Å². The maximum Gasteiger partial charge on any atom is 0.181 e. The van der Waals surface area contributed by atoms with Crippen LogP contribution in [0.25, 0.3) is 0 Å². The normalized spacial score (nSPS) is 36.5. The molecule has 0 radical (unpaired) electrons. The average molecular weight is 280 g/mol. The van der Waals surface area contributed by atoms with Gasteiger partial charge in [0, 0.05) is 26.6 Å². The largest absolute Gasteiger partial charge is 0.381 e. The number of carbonyl (C=O) groups excluding carboxylic acids is 1. The zero-order valence-corrected chi connectivity index (χ0v) is 12.6. The molecule has 4 atom stereocenters. The van der Waals surface area contributed by atoms with E-state index in [1.165, 1.54) is 0 Å². The second kappa shape index (κ2) is 6.20. The molecular weight excluding hydrogens is 256 g/mol. The Morgan fingerprint density at radius 1 is 1.45 bits per heavy atom. The first-order chi connectivity index (χ1) is 9.58. The number of fused-ring (bicyclic) bond motifs is 1. The van der Waals surface area contributed by atoms with E-state index in [1.807, 2.05) is 13.0 Å². The Bertz CT molecular complexity index is 411. The number of carbonyl (C=O) groups is 1. The molecular formula is C16H24O4. The van der Waals surface area contributed by atoms with Gasteiger partial charge in [-0.3, -0.25) is 4.79 Å². The SMILES string of the molecule is C=C(C(=O)/C=C\CC)[C@H]1C[C@@H](OC)CC2OC[C@]21OC. The van der Waals surface area contributed by atoms with E-state index < -0.39 is 5.60 Å². The quantitative estimate of drug-likeness (QED) is 0.700. The molecule has 1 aliphatic heterocycles. The molecule has 20 heavy (non-hydrogen) atoms. The molecule has 2 rings (SSSR count). The molecule has 0 amide bonds. The first-order valence-corrected chi connectivity index (χ1v) is 7.18. The molecule has 0 aromatic heterocycles. The van der Waals surface area contributed by atoms with Crippen molar-refractivity contribution in [3.05, 3.63) is 24.3 Å². The van der Waals surface area contributed by atoms with Crippen LogP contribution < -0.4 is 0 Å². The van der Waals surface area contributed by atoms with Crippen molar-refractivity contribution in [2.45, 2.75) is 44.0 Å². The van der Waals surface area contributed by atoms with Gasteiger partial charge in [-0.25, -0.2) is 0 Å². The number of hydrogen-bond donors (Lipinski definition) is 0. The standard InChI is InChI=1S/C16H24O4/c1-5-6-7-14(17)11(2)13-8-12(18-3)9-15-16(13,19-4)10-20-15/h6-7,12-13,15H,2,5,8-10H2,1,3-4H3/b7-6-/t12-,13-,15?,16-/m1/s1. The highest BCUT2D eigenvalue weighted by Crippen LogP contribution is 2.48. The van der Waals surface area contributed by atoms with E-state index in [1.54, 1.807) is 20.3 Å². The van der Waals surface area contributed by atoms with Crippen LogP contribution in [0.2, 0.25) is 0 Å². The maximum atomic E-state index is 12.2. The maximum absolute atomic E-state index is 12.2. The summed E-state index contributed by atoms with van der Waals surface area (Å²) in [5.74, 6) is -0.0605.